The molecular weight excluding hydrogens is 318 g/mol. The van der Waals surface area contributed by atoms with Crippen molar-refractivity contribution in [1.29, 1.82) is 0 Å². The van der Waals surface area contributed by atoms with Gasteiger partial charge < -0.3 is 5.32 Å². The van der Waals surface area contributed by atoms with Crippen molar-refractivity contribution in [2.75, 3.05) is 0 Å². The standard InChI is InChI=1S/C16H18BrNS/c1-11(10-12-4-3-9-19-12)18-16-8-7-13-14(16)5-2-6-15(13)17/h2-6,9,11,16,18H,7-8,10H2,1H3. The van der Waals surface area contributed by atoms with Crippen LogP contribution in [0.5, 0.6) is 0 Å². The van der Waals surface area contributed by atoms with Gasteiger partial charge in [0.1, 0.15) is 0 Å². The van der Waals surface area contributed by atoms with E-state index in [4.69, 9.17) is 0 Å². The van der Waals surface area contributed by atoms with Crippen molar-refractivity contribution in [3.05, 3.63) is 56.2 Å². The van der Waals surface area contributed by atoms with Crippen molar-refractivity contribution >= 4 is 27.3 Å². The van der Waals surface area contributed by atoms with Gasteiger partial charge in [-0.15, -0.1) is 11.3 Å². The van der Waals surface area contributed by atoms with Gasteiger partial charge in [-0.3, -0.25) is 0 Å². The monoisotopic (exact) mass is 335 g/mol. The maximum atomic E-state index is 3.79. The SMILES string of the molecule is CC(Cc1cccs1)NC1CCc2c(Br)cccc21. The van der Waals surface area contributed by atoms with Crippen molar-refractivity contribution < 1.29 is 0 Å². The van der Waals surface area contributed by atoms with E-state index in [1.54, 1.807) is 0 Å². The highest BCUT2D eigenvalue weighted by Crippen LogP contribution is 2.35. The van der Waals surface area contributed by atoms with E-state index in [0.29, 0.717) is 12.1 Å². The van der Waals surface area contributed by atoms with E-state index in [-0.39, 0.29) is 0 Å². The average Bonchev–Trinajstić information content (AvgIpc) is 3.01. The Morgan fingerprint density at radius 3 is 3.05 bits per heavy atom. The van der Waals surface area contributed by atoms with Gasteiger partial charge >= 0.3 is 0 Å². The maximum absolute atomic E-state index is 3.79. The Labute approximate surface area is 127 Å². The molecule has 0 radical (unpaired) electrons. The fraction of sp³-hybridized carbons (Fsp3) is 0.375. The van der Waals surface area contributed by atoms with Crippen LogP contribution in [0.1, 0.15) is 35.4 Å². The van der Waals surface area contributed by atoms with Crippen LogP contribution in [-0.4, -0.2) is 6.04 Å². The molecule has 2 aromatic rings. The van der Waals surface area contributed by atoms with E-state index in [2.05, 4.69) is 63.9 Å². The van der Waals surface area contributed by atoms with E-state index in [1.165, 1.54) is 33.3 Å². The van der Waals surface area contributed by atoms with E-state index >= 15 is 0 Å². The number of nitrogens with one attached hydrogen (secondary N) is 1. The smallest absolute Gasteiger partial charge is 0.0328 e. The van der Waals surface area contributed by atoms with Crippen molar-refractivity contribution in [1.82, 2.24) is 5.32 Å². The number of halogens is 1. The van der Waals surface area contributed by atoms with E-state index in [9.17, 15) is 0 Å². The lowest BCUT2D eigenvalue weighted by Crippen LogP contribution is -2.30. The van der Waals surface area contributed by atoms with Gasteiger partial charge in [-0.2, -0.15) is 0 Å². The molecule has 1 heterocycles. The van der Waals surface area contributed by atoms with Gasteiger partial charge in [0.25, 0.3) is 0 Å². The molecule has 0 fully saturated rings. The van der Waals surface area contributed by atoms with Crippen LogP contribution in [-0.2, 0) is 12.8 Å². The van der Waals surface area contributed by atoms with Crippen LogP contribution in [0.25, 0.3) is 0 Å². The summed E-state index contributed by atoms with van der Waals surface area (Å²) in [7, 11) is 0. The molecular formula is C16H18BrNS. The molecule has 1 nitrogen and oxygen atoms in total. The fourth-order valence-corrected chi connectivity index (χ4v) is 4.33. The van der Waals surface area contributed by atoms with Gasteiger partial charge in [0, 0.05) is 21.4 Å². The summed E-state index contributed by atoms with van der Waals surface area (Å²) in [6, 6.07) is 12.0. The number of hydrogen-bond donors (Lipinski definition) is 1. The number of fused-ring (bicyclic) bond motifs is 1. The molecule has 2 atom stereocenters. The van der Waals surface area contributed by atoms with Crippen LogP contribution in [0.15, 0.2) is 40.2 Å². The van der Waals surface area contributed by atoms with Gasteiger partial charge in [0.2, 0.25) is 0 Å². The second-order valence-electron chi connectivity index (χ2n) is 5.25. The molecule has 0 aliphatic heterocycles. The molecule has 1 N–H and O–H groups in total. The lowest BCUT2D eigenvalue weighted by molar-refractivity contribution is 0.453. The van der Waals surface area contributed by atoms with Gasteiger partial charge in [0.15, 0.2) is 0 Å². The predicted molar refractivity (Wildman–Crippen MR) is 85.8 cm³/mol. The summed E-state index contributed by atoms with van der Waals surface area (Å²) >= 11 is 5.51. The Balaban J connectivity index is 1.68. The summed E-state index contributed by atoms with van der Waals surface area (Å²) in [6.45, 7) is 2.29. The third kappa shape index (κ3) is 2.93. The van der Waals surface area contributed by atoms with Gasteiger partial charge in [-0.25, -0.2) is 0 Å². The zero-order chi connectivity index (χ0) is 13.2. The molecule has 0 amide bonds. The van der Waals surface area contributed by atoms with Crippen molar-refractivity contribution in [3.63, 3.8) is 0 Å². The molecule has 0 spiro atoms. The molecule has 3 rings (SSSR count). The highest BCUT2D eigenvalue weighted by molar-refractivity contribution is 9.10. The van der Waals surface area contributed by atoms with E-state index in [1.807, 2.05) is 11.3 Å². The molecule has 3 heteroatoms. The van der Waals surface area contributed by atoms with Crippen LogP contribution >= 0.6 is 27.3 Å². The summed E-state index contributed by atoms with van der Waals surface area (Å²) in [5.41, 5.74) is 2.97. The van der Waals surface area contributed by atoms with E-state index < -0.39 is 0 Å². The van der Waals surface area contributed by atoms with Crippen molar-refractivity contribution in [2.24, 2.45) is 0 Å². The second kappa shape index (κ2) is 5.78. The normalized spacial score (nSPS) is 19.4. The quantitative estimate of drug-likeness (QED) is 0.852. The van der Waals surface area contributed by atoms with Crippen LogP contribution in [0.3, 0.4) is 0 Å². The van der Waals surface area contributed by atoms with Crippen LogP contribution < -0.4 is 5.32 Å². The van der Waals surface area contributed by atoms with Crippen LogP contribution in [0, 0.1) is 0 Å². The Kier molecular flexibility index (Phi) is 4.06. The number of rotatable bonds is 4. The zero-order valence-electron chi connectivity index (χ0n) is 11.0. The number of benzene rings is 1. The van der Waals surface area contributed by atoms with E-state index in [0.717, 1.165) is 6.42 Å². The third-order valence-electron chi connectivity index (χ3n) is 3.79. The maximum Gasteiger partial charge on any atom is 0.0328 e. The van der Waals surface area contributed by atoms with Gasteiger partial charge in [-0.05, 0) is 54.8 Å². The molecule has 0 saturated heterocycles. The van der Waals surface area contributed by atoms with Crippen LogP contribution in [0.4, 0.5) is 0 Å². The second-order valence-corrected chi connectivity index (χ2v) is 7.14. The van der Waals surface area contributed by atoms with Crippen molar-refractivity contribution in [2.45, 2.75) is 38.3 Å². The molecule has 1 aromatic carbocycles. The zero-order valence-corrected chi connectivity index (χ0v) is 13.4. The summed E-state index contributed by atoms with van der Waals surface area (Å²) in [5.74, 6) is 0. The largest absolute Gasteiger partial charge is 0.307 e. The van der Waals surface area contributed by atoms with Gasteiger partial charge in [-0.1, -0.05) is 34.1 Å². The first-order chi connectivity index (χ1) is 9.24. The topological polar surface area (TPSA) is 12.0 Å². The number of thiophene rings is 1. The fourth-order valence-electron chi connectivity index (χ4n) is 2.92. The molecule has 0 bridgehead atoms. The minimum atomic E-state index is 0.516. The van der Waals surface area contributed by atoms with Crippen molar-refractivity contribution in [3.8, 4) is 0 Å². The number of hydrogen-bond acceptors (Lipinski definition) is 2. The highest BCUT2D eigenvalue weighted by Gasteiger charge is 2.24. The Bertz CT molecular complexity index is 550. The summed E-state index contributed by atoms with van der Waals surface area (Å²) in [6.07, 6.45) is 3.52. The van der Waals surface area contributed by atoms with Crippen LogP contribution in [0.2, 0.25) is 0 Å². The molecule has 2 unspecified atom stereocenters. The lowest BCUT2D eigenvalue weighted by atomic mass is 10.1. The minimum Gasteiger partial charge on any atom is -0.307 e. The Morgan fingerprint density at radius 2 is 2.26 bits per heavy atom. The Morgan fingerprint density at radius 1 is 1.37 bits per heavy atom. The average molecular weight is 336 g/mol. The molecule has 19 heavy (non-hydrogen) atoms. The predicted octanol–water partition coefficient (Wildman–Crippen LogP) is 4.72. The molecule has 100 valence electrons. The first-order valence-corrected chi connectivity index (χ1v) is 8.47. The Hall–Kier alpha value is -0.640. The minimum absolute atomic E-state index is 0.516. The summed E-state index contributed by atoms with van der Waals surface area (Å²) in [4.78, 5) is 1.47. The highest BCUT2D eigenvalue weighted by atomic mass is 79.9. The first kappa shape index (κ1) is 13.3. The summed E-state index contributed by atoms with van der Waals surface area (Å²) in [5, 5.41) is 5.94. The third-order valence-corrected chi connectivity index (χ3v) is 5.43. The molecule has 0 saturated carbocycles. The molecule has 1 aliphatic carbocycles. The summed E-state index contributed by atoms with van der Waals surface area (Å²) < 4.78 is 1.26. The van der Waals surface area contributed by atoms with Gasteiger partial charge in [0.05, 0.1) is 0 Å². The molecule has 1 aliphatic rings. The first-order valence-electron chi connectivity index (χ1n) is 6.80. The molecule has 1 aromatic heterocycles. The lowest BCUT2D eigenvalue weighted by Gasteiger charge is -2.20.